The Morgan fingerprint density at radius 1 is 1.26 bits per heavy atom. The number of halogens is 1. The van der Waals surface area contributed by atoms with Crippen molar-refractivity contribution >= 4 is 21.8 Å². The highest BCUT2D eigenvalue weighted by molar-refractivity contribution is 9.10. The Labute approximate surface area is 166 Å². The van der Waals surface area contributed by atoms with E-state index in [4.69, 9.17) is 4.74 Å². The molecule has 0 unspecified atom stereocenters. The molecule has 0 saturated heterocycles. The molecule has 0 fully saturated rings. The highest BCUT2D eigenvalue weighted by atomic mass is 79.9. The number of carbonyl (C=O) groups excluding carboxylic acids is 1. The quantitative estimate of drug-likeness (QED) is 0.650. The Balaban J connectivity index is 1.69. The molecular weight excluding hydrogens is 410 g/mol. The van der Waals surface area contributed by atoms with Gasteiger partial charge in [-0.05, 0) is 54.9 Å². The van der Waals surface area contributed by atoms with Gasteiger partial charge in [0.2, 0.25) is 5.88 Å². The Kier molecular flexibility index (Phi) is 5.36. The van der Waals surface area contributed by atoms with Gasteiger partial charge in [-0.2, -0.15) is 5.10 Å². The summed E-state index contributed by atoms with van der Waals surface area (Å²) in [4.78, 5) is 12.6. The largest absolute Gasteiger partial charge is 0.460 e. The van der Waals surface area contributed by atoms with Crippen molar-refractivity contribution in [3.63, 3.8) is 0 Å². The molecule has 2 aromatic heterocycles. The summed E-state index contributed by atoms with van der Waals surface area (Å²) in [7, 11) is 1.85. The molecule has 142 valence electrons. The lowest BCUT2D eigenvalue weighted by atomic mass is 10.1. The van der Waals surface area contributed by atoms with Crippen LogP contribution in [0.1, 0.15) is 25.2 Å². The van der Waals surface area contributed by atoms with Gasteiger partial charge in [-0.3, -0.25) is 9.48 Å². The van der Waals surface area contributed by atoms with E-state index in [1.807, 2.05) is 50.4 Å². The molecule has 1 aromatic carbocycles. The van der Waals surface area contributed by atoms with E-state index in [1.165, 1.54) is 0 Å². The molecule has 0 bridgehead atoms. The van der Waals surface area contributed by atoms with Gasteiger partial charge in [0.15, 0.2) is 5.60 Å². The van der Waals surface area contributed by atoms with Crippen molar-refractivity contribution in [3.8, 4) is 11.6 Å². The molecule has 0 saturated carbocycles. The Morgan fingerprint density at radius 3 is 2.59 bits per heavy atom. The minimum absolute atomic E-state index is 0.234. The molecule has 0 atom stereocenters. The van der Waals surface area contributed by atoms with Crippen LogP contribution < -0.4 is 10.1 Å². The molecule has 3 rings (SSSR count). The van der Waals surface area contributed by atoms with E-state index >= 15 is 0 Å². The lowest BCUT2D eigenvalue weighted by molar-refractivity contribution is -0.134. The minimum atomic E-state index is -1.09. The molecule has 0 spiro atoms. The van der Waals surface area contributed by atoms with E-state index in [9.17, 15) is 4.79 Å². The molecule has 7 nitrogen and oxygen atoms in total. The zero-order valence-corrected chi connectivity index (χ0v) is 17.3. The van der Waals surface area contributed by atoms with E-state index in [0.717, 1.165) is 17.1 Å². The SMILES string of the molecule is Cc1cc(CNC(=O)C(C)(C)Oc2nn(-c3ccccc3)cc2Br)n(C)n1. The molecular formula is C19H22BrN5O2. The summed E-state index contributed by atoms with van der Waals surface area (Å²) >= 11 is 3.45. The normalized spacial score (nSPS) is 11.4. The van der Waals surface area contributed by atoms with Crippen LogP contribution in [-0.4, -0.2) is 31.1 Å². The molecule has 3 aromatic rings. The van der Waals surface area contributed by atoms with E-state index in [1.54, 1.807) is 29.4 Å². The standard InChI is InChI=1S/C19H22BrN5O2/c1-13-10-15(24(4)22-13)11-21-18(26)19(2,3)27-17-16(20)12-25(23-17)14-8-6-5-7-9-14/h5-10,12H,11H2,1-4H3,(H,21,26). The first-order valence-corrected chi connectivity index (χ1v) is 9.33. The predicted octanol–water partition coefficient (Wildman–Crippen LogP) is 3.15. The summed E-state index contributed by atoms with van der Waals surface area (Å²) < 4.78 is 10.0. The topological polar surface area (TPSA) is 74.0 Å². The molecule has 2 heterocycles. The maximum Gasteiger partial charge on any atom is 0.263 e. The Bertz CT molecular complexity index is 946. The van der Waals surface area contributed by atoms with E-state index in [-0.39, 0.29) is 5.91 Å². The summed E-state index contributed by atoms with van der Waals surface area (Å²) in [5, 5.41) is 11.6. The van der Waals surface area contributed by atoms with Crippen molar-refractivity contribution in [1.29, 1.82) is 0 Å². The molecule has 1 amide bonds. The predicted molar refractivity (Wildman–Crippen MR) is 106 cm³/mol. The van der Waals surface area contributed by atoms with Gasteiger partial charge in [-0.25, -0.2) is 4.68 Å². The van der Waals surface area contributed by atoms with Crippen molar-refractivity contribution < 1.29 is 9.53 Å². The average molecular weight is 432 g/mol. The number of para-hydroxylation sites is 1. The summed E-state index contributed by atoms with van der Waals surface area (Å²) in [6, 6.07) is 11.6. The summed E-state index contributed by atoms with van der Waals surface area (Å²) in [6.07, 6.45) is 1.80. The van der Waals surface area contributed by atoms with Crippen LogP contribution in [-0.2, 0) is 18.4 Å². The molecule has 0 aliphatic carbocycles. The van der Waals surface area contributed by atoms with Crippen LogP contribution in [0.4, 0.5) is 0 Å². The lowest BCUT2D eigenvalue weighted by Crippen LogP contribution is -2.46. The fourth-order valence-electron chi connectivity index (χ4n) is 2.62. The van der Waals surface area contributed by atoms with Gasteiger partial charge in [0, 0.05) is 13.2 Å². The molecule has 0 aliphatic rings. The number of rotatable bonds is 6. The van der Waals surface area contributed by atoms with Gasteiger partial charge in [0.05, 0.1) is 28.1 Å². The fourth-order valence-corrected chi connectivity index (χ4v) is 2.97. The average Bonchev–Trinajstić information content (AvgIpc) is 3.14. The lowest BCUT2D eigenvalue weighted by Gasteiger charge is -2.24. The first kappa shape index (κ1) is 19.2. The third kappa shape index (κ3) is 4.39. The second-order valence-corrected chi connectivity index (χ2v) is 7.61. The number of amides is 1. The molecule has 0 radical (unpaired) electrons. The van der Waals surface area contributed by atoms with Gasteiger partial charge in [0.1, 0.15) is 0 Å². The summed E-state index contributed by atoms with van der Waals surface area (Å²) in [6.45, 7) is 5.72. The number of hydrogen-bond donors (Lipinski definition) is 1. The number of nitrogens with one attached hydrogen (secondary N) is 1. The van der Waals surface area contributed by atoms with Gasteiger partial charge in [0.25, 0.3) is 5.91 Å². The van der Waals surface area contributed by atoms with Gasteiger partial charge in [-0.15, -0.1) is 5.10 Å². The molecule has 0 aliphatic heterocycles. The number of carbonyl (C=O) groups is 1. The van der Waals surface area contributed by atoms with Crippen LogP contribution in [0.5, 0.6) is 5.88 Å². The Hall–Kier alpha value is -2.61. The number of hydrogen-bond acceptors (Lipinski definition) is 4. The molecule has 8 heteroatoms. The zero-order valence-electron chi connectivity index (χ0n) is 15.7. The summed E-state index contributed by atoms with van der Waals surface area (Å²) in [5.41, 5.74) is 1.65. The van der Waals surface area contributed by atoms with E-state index < -0.39 is 5.60 Å². The van der Waals surface area contributed by atoms with Gasteiger partial charge < -0.3 is 10.1 Å². The first-order chi connectivity index (χ1) is 12.8. The number of ether oxygens (including phenoxy) is 1. The third-order valence-corrected chi connectivity index (χ3v) is 4.63. The van der Waals surface area contributed by atoms with Crippen LogP contribution in [0.25, 0.3) is 5.69 Å². The van der Waals surface area contributed by atoms with E-state index in [0.29, 0.717) is 16.9 Å². The van der Waals surface area contributed by atoms with Crippen molar-refractivity contribution in [2.75, 3.05) is 0 Å². The third-order valence-electron chi connectivity index (χ3n) is 4.09. The second-order valence-electron chi connectivity index (χ2n) is 6.76. The number of nitrogens with zero attached hydrogens (tertiary/aromatic N) is 4. The monoisotopic (exact) mass is 431 g/mol. The van der Waals surface area contributed by atoms with Crippen LogP contribution >= 0.6 is 15.9 Å². The zero-order chi connectivity index (χ0) is 19.6. The number of benzene rings is 1. The number of aryl methyl sites for hydroxylation is 2. The van der Waals surface area contributed by atoms with Crippen molar-refractivity contribution in [3.05, 3.63) is 58.5 Å². The second kappa shape index (κ2) is 7.56. The van der Waals surface area contributed by atoms with Crippen molar-refractivity contribution in [1.82, 2.24) is 24.9 Å². The molecule has 1 N–H and O–H groups in total. The maximum absolute atomic E-state index is 12.6. The van der Waals surface area contributed by atoms with Crippen LogP contribution in [0, 0.1) is 6.92 Å². The number of aromatic nitrogens is 4. The smallest absolute Gasteiger partial charge is 0.263 e. The van der Waals surface area contributed by atoms with E-state index in [2.05, 4.69) is 31.4 Å². The maximum atomic E-state index is 12.6. The Morgan fingerprint density at radius 2 is 1.96 bits per heavy atom. The van der Waals surface area contributed by atoms with Gasteiger partial charge >= 0.3 is 0 Å². The van der Waals surface area contributed by atoms with Gasteiger partial charge in [-0.1, -0.05) is 18.2 Å². The van der Waals surface area contributed by atoms with Crippen LogP contribution in [0.15, 0.2) is 47.1 Å². The highest BCUT2D eigenvalue weighted by Gasteiger charge is 2.31. The molecule has 27 heavy (non-hydrogen) atoms. The van der Waals surface area contributed by atoms with Crippen LogP contribution in [0.3, 0.4) is 0 Å². The summed E-state index contributed by atoms with van der Waals surface area (Å²) in [5.74, 6) is 0.123. The fraction of sp³-hybridized carbons (Fsp3) is 0.316. The minimum Gasteiger partial charge on any atom is -0.460 e. The van der Waals surface area contributed by atoms with Crippen LogP contribution in [0.2, 0.25) is 0 Å². The first-order valence-electron chi connectivity index (χ1n) is 8.54. The van der Waals surface area contributed by atoms with Crippen molar-refractivity contribution in [2.45, 2.75) is 32.9 Å². The highest BCUT2D eigenvalue weighted by Crippen LogP contribution is 2.28. The van der Waals surface area contributed by atoms with Crippen molar-refractivity contribution in [2.24, 2.45) is 7.05 Å².